The predicted molar refractivity (Wildman–Crippen MR) is 42.3 cm³/mol. The van der Waals surface area contributed by atoms with Crippen LogP contribution in [-0.4, -0.2) is 11.6 Å². The van der Waals surface area contributed by atoms with E-state index in [-0.39, 0.29) is 5.70 Å². The fourth-order valence-electron chi connectivity index (χ4n) is 0.405. The van der Waals surface area contributed by atoms with E-state index in [1.54, 1.807) is 20.8 Å². The van der Waals surface area contributed by atoms with Gasteiger partial charge in [-0.3, -0.25) is 0 Å². The summed E-state index contributed by atoms with van der Waals surface area (Å²) in [6.07, 6.45) is 1.02. The van der Waals surface area contributed by atoms with E-state index < -0.39 is 11.6 Å². The Morgan fingerprint density at radius 1 is 1.45 bits per heavy atom. The molecule has 0 unspecified atom stereocenters. The van der Waals surface area contributed by atoms with Crippen molar-refractivity contribution in [2.24, 2.45) is 11.5 Å². The van der Waals surface area contributed by atoms with E-state index in [1.807, 2.05) is 0 Å². The number of carbonyl (C=O) groups excluding carboxylic acids is 1. The molecule has 0 fully saturated rings. The topological polar surface area (TPSA) is 78.3 Å². The molecule has 0 aromatic rings. The average molecular weight is 158 g/mol. The lowest BCUT2D eigenvalue weighted by atomic mass is 10.2. The second kappa shape index (κ2) is 3.27. The Labute approximate surface area is 66.2 Å². The third kappa shape index (κ3) is 4.25. The van der Waals surface area contributed by atoms with Gasteiger partial charge in [-0.2, -0.15) is 0 Å². The predicted octanol–water partition coefficient (Wildman–Crippen LogP) is 0.0869. The van der Waals surface area contributed by atoms with Gasteiger partial charge in [0.2, 0.25) is 0 Å². The van der Waals surface area contributed by atoms with E-state index in [4.69, 9.17) is 16.2 Å². The fourth-order valence-corrected chi connectivity index (χ4v) is 0.405. The monoisotopic (exact) mass is 158 g/mol. The molecule has 0 aliphatic rings. The Kier molecular flexibility index (Phi) is 2.92. The molecule has 0 heterocycles. The van der Waals surface area contributed by atoms with E-state index in [9.17, 15) is 4.79 Å². The second-order valence-corrected chi connectivity index (χ2v) is 3.12. The normalized spacial score (nSPS) is 12.8. The van der Waals surface area contributed by atoms with Crippen molar-refractivity contribution < 1.29 is 9.53 Å². The van der Waals surface area contributed by atoms with Gasteiger partial charge in [0.15, 0.2) is 0 Å². The quantitative estimate of drug-likeness (QED) is 0.418. The molecule has 0 aromatic carbocycles. The van der Waals surface area contributed by atoms with E-state index in [1.165, 1.54) is 0 Å². The first-order valence-electron chi connectivity index (χ1n) is 3.27. The van der Waals surface area contributed by atoms with E-state index >= 15 is 0 Å². The molecule has 0 aliphatic carbocycles. The molecule has 0 amide bonds. The van der Waals surface area contributed by atoms with Crippen molar-refractivity contribution in [2.75, 3.05) is 0 Å². The lowest BCUT2D eigenvalue weighted by Gasteiger charge is -2.19. The minimum atomic E-state index is -0.583. The lowest BCUT2D eigenvalue weighted by Crippen LogP contribution is -2.27. The highest BCUT2D eigenvalue weighted by molar-refractivity contribution is 5.87. The molecule has 0 saturated carbocycles. The summed E-state index contributed by atoms with van der Waals surface area (Å²) in [6.45, 7) is 5.28. The van der Waals surface area contributed by atoms with Crippen LogP contribution in [0.4, 0.5) is 0 Å². The van der Waals surface area contributed by atoms with Crippen molar-refractivity contribution in [3.8, 4) is 0 Å². The number of rotatable bonds is 1. The van der Waals surface area contributed by atoms with Crippen molar-refractivity contribution in [1.82, 2.24) is 0 Å². The summed E-state index contributed by atoms with van der Waals surface area (Å²) < 4.78 is 4.88. The van der Waals surface area contributed by atoms with Gasteiger partial charge in [0, 0.05) is 6.20 Å². The van der Waals surface area contributed by atoms with Crippen LogP contribution in [0.3, 0.4) is 0 Å². The molecule has 0 atom stereocenters. The highest BCUT2D eigenvalue weighted by atomic mass is 16.6. The first kappa shape index (κ1) is 9.81. The van der Waals surface area contributed by atoms with Crippen LogP contribution in [0.15, 0.2) is 11.9 Å². The highest BCUT2D eigenvalue weighted by Crippen LogP contribution is 2.08. The molecule has 4 nitrogen and oxygen atoms in total. The molecule has 0 rings (SSSR count). The largest absolute Gasteiger partial charge is 0.455 e. The molecule has 0 aliphatic heterocycles. The number of carbonyl (C=O) groups is 1. The number of hydrogen-bond acceptors (Lipinski definition) is 4. The zero-order valence-electron chi connectivity index (χ0n) is 7.05. The van der Waals surface area contributed by atoms with Gasteiger partial charge in [-0.1, -0.05) is 0 Å². The standard InChI is InChI=1S/C7H14N2O2/c1-7(2,3)11-6(10)5(9)4-8/h4H,8-9H2,1-3H3/b5-4+. The zero-order valence-corrected chi connectivity index (χ0v) is 7.05. The fraction of sp³-hybridized carbons (Fsp3) is 0.571. The number of esters is 1. The summed E-state index contributed by atoms with van der Waals surface area (Å²) in [5.41, 5.74) is 9.60. The maximum absolute atomic E-state index is 10.9. The molecule has 0 radical (unpaired) electrons. The van der Waals surface area contributed by atoms with Gasteiger partial charge < -0.3 is 16.2 Å². The molecule has 0 bridgehead atoms. The Hall–Kier alpha value is -1.19. The minimum absolute atomic E-state index is 0.0695. The Morgan fingerprint density at radius 2 is 1.91 bits per heavy atom. The molecule has 4 N–H and O–H groups in total. The van der Waals surface area contributed by atoms with E-state index in [0.29, 0.717) is 0 Å². The number of ether oxygens (including phenoxy) is 1. The highest BCUT2D eigenvalue weighted by Gasteiger charge is 2.17. The van der Waals surface area contributed by atoms with Gasteiger partial charge in [-0.15, -0.1) is 0 Å². The number of nitrogens with two attached hydrogens (primary N) is 2. The molecule has 11 heavy (non-hydrogen) atoms. The molecular formula is C7H14N2O2. The Bertz CT molecular complexity index is 179. The van der Waals surface area contributed by atoms with Crippen LogP contribution >= 0.6 is 0 Å². The van der Waals surface area contributed by atoms with Gasteiger partial charge in [0.05, 0.1) is 0 Å². The van der Waals surface area contributed by atoms with E-state index in [0.717, 1.165) is 6.20 Å². The minimum Gasteiger partial charge on any atom is -0.455 e. The molecule has 0 saturated heterocycles. The lowest BCUT2D eigenvalue weighted by molar-refractivity contribution is -0.149. The maximum atomic E-state index is 10.9. The first-order chi connectivity index (χ1) is 4.87. The SMILES string of the molecule is CC(C)(C)OC(=O)/C(N)=C\N. The van der Waals surface area contributed by atoms with Crippen molar-refractivity contribution in [3.05, 3.63) is 11.9 Å². The summed E-state index contributed by atoms with van der Waals surface area (Å²) in [4.78, 5) is 10.9. The van der Waals surface area contributed by atoms with Crippen LogP contribution in [0.2, 0.25) is 0 Å². The molecule has 4 heteroatoms. The molecule has 0 spiro atoms. The van der Waals surface area contributed by atoms with Crippen LogP contribution in [0.25, 0.3) is 0 Å². The summed E-state index contributed by atoms with van der Waals surface area (Å²) >= 11 is 0. The second-order valence-electron chi connectivity index (χ2n) is 3.12. The number of hydrogen-bond donors (Lipinski definition) is 2. The Morgan fingerprint density at radius 3 is 2.18 bits per heavy atom. The summed E-state index contributed by atoms with van der Waals surface area (Å²) in [7, 11) is 0. The van der Waals surface area contributed by atoms with Gasteiger partial charge in [0.1, 0.15) is 11.3 Å². The first-order valence-corrected chi connectivity index (χ1v) is 3.27. The van der Waals surface area contributed by atoms with Gasteiger partial charge in [-0.05, 0) is 20.8 Å². The van der Waals surface area contributed by atoms with Crippen LogP contribution in [0.1, 0.15) is 20.8 Å². The summed E-state index contributed by atoms with van der Waals surface area (Å²) in [5, 5.41) is 0. The van der Waals surface area contributed by atoms with Crippen molar-refractivity contribution in [2.45, 2.75) is 26.4 Å². The smallest absolute Gasteiger partial charge is 0.356 e. The molecular weight excluding hydrogens is 144 g/mol. The van der Waals surface area contributed by atoms with Crippen molar-refractivity contribution >= 4 is 5.97 Å². The summed E-state index contributed by atoms with van der Waals surface area (Å²) in [5.74, 6) is -0.583. The zero-order chi connectivity index (χ0) is 9.07. The van der Waals surface area contributed by atoms with Crippen LogP contribution < -0.4 is 11.5 Å². The van der Waals surface area contributed by atoms with Crippen LogP contribution in [0, 0.1) is 0 Å². The van der Waals surface area contributed by atoms with Gasteiger partial charge in [0.25, 0.3) is 0 Å². The average Bonchev–Trinajstić information content (AvgIpc) is 1.82. The van der Waals surface area contributed by atoms with Crippen molar-refractivity contribution in [3.63, 3.8) is 0 Å². The van der Waals surface area contributed by atoms with Crippen molar-refractivity contribution in [1.29, 1.82) is 0 Å². The third-order valence-electron chi connectivity index (χ3n) is 0.814. The van der Waals surface area contributed by atoms with Crippen LogP contribution in [0.5, 0.6) is 0 Å². The molecule has 64 valence electrons. The summed E-state index contributed by atoms with van der Waals surface area (Å²) in [6, 6.07) is 0. The van der Waals surface area contributed by atoms with Gasteiger partial charge >= 0.3 is 5.97 Å². The maximum Gasteiger partial charge on any atom is 0.356 e. The third-order valence-corrected chi connectivity index (χ3v) is 0.814. The Balaban J connectivity index is 4.10. The molecule has 0 aromatic heterocycles. The van der Waals surface area contributed by atoms with E-state index in [2.05, 4.69) is 0 Å². The van der Waals surface area contributed by atoms with Gasteiger partial charge in [-0.25, -0.2) is 4.79 Å². The van der Waals surface area contributed by atoms with Crippen LogP contribution in [-0.2, 0) is 9.53 Å².